The number of carbonyl (C=O) groups is 2. The Bertz CT molecular complexity index is 533. The van der Waals surface area contributed by atoms with E-state index in [1.165, 1.54) is 4.90 Å². The zero-order valence-corrected chi connectivity index (χ0v) is 13.3. The molecule has 0 bridgehead atoms. The van der Waals surface area contributed by atoms with Crippen LogP contribution in [0.5, 0.6) is 0 Å². The van der Waals surface area contributed by atoms with Crippen LogP contribution in [-0.4, -0.2) is 42.9 Å². The number of nitrogens with two attached hydrogens (primary N) is 1. The number of rotatable bonds is 4. The molecular formula is C15H24N4O2. The molecule has 0 unspecified atom stereocenters. The smallest absolute Gasteiger partial charge is 0.253 e. The molecule has 0 aliphatic rings. The Labute approximate surface area is 125 Å². The third-order valence-corrected chi connectivity index (χ3v) is 2.66. The van der Waals surface area contributed by atoms with E-state index in [1.54, 1.807) is 32.3 Å². The van der Waals surface area contributed by atoms with Crippen LogP contribution in [0.3, 0.4) is 0 Å². The van der Waals surface area contributed by atoms with Gasteiger partial charge in [-0.2, -0.15) is 0 Å². The summed E-state index contributed by atoms with van der Waals surface area (Å²) < 4.78 is 0. The molecule has 116 valence electrons. The number of hydrogen-bond donors (Lipinski definition) is 3. The van der Waals surface area contributed by atoms with E-state index in [4.69, 9.17) is 5.73 Å². The van der Waals surface area contributed by atoms with Crippen LogP contribution in [-0.2, 0) is 4.79 Å². The van der Waals surface area contributed by atoms with Gasteiger partial charge in [-0.25, -0.2) is 0 Å². The lowest BCUT2D eigenvalue weighted by molar-refractivity contribution is -0.120. The van der Waals surface area contributed by atoms with E-state index in [2.05, 4.69) is 10.6 Å². The van der Waals surface area contributed by atoms with Crippen molar-refractivity contribution in [1.82, 2.24) is 10.2 Å². The summed E-state index contributed by atoms with van der Waals surface area (Å²) in [6, 6.07) is 4.97. The van der Waals surface area contributed by atoms with Gasteiger partial charge in [-0.15, -0.1) is 0 Å². The zero-order valence-electron chi connectivity index (χ0n) is 13.3. The van der Waals surface area contributed by atoms with E-state index >= 15 is 0 Å². The van der Waals surface area contributed by atoms with E-state index < -0.39 is 0 Å². The molecule has 0 aliphatic carbocycles. The summed E-state index contributed by atoms with van der Waals surface area (Å²) in [5.74, 6) is -0.247. The average molecular weight is 292 g/mol. The summed E-state index contributed by atoms with van der Waals surface area (Å²) in [4.78, 5) is 25.2. The van der Waals surface area contributed by atoms with Gasteiger partial charge >= 0.3 is 0 Å². The normalized spacial score (nSPS) is 10.9. The molecule has 0 spiro atoms. The van der Waals surface area contributed by atoms with Gasteiger partial charge in [0.25, 0.3) is 5.91 Å². The Morgan fingerprint density at radius 3 is 2.38 bits per heavy atom. The van der Waals surface area contributed by atoms with E-state index in [9.17, 15) is 9.59 Å². The molecular weight excluding hydrogens is 268 g/mol. The lowest BCUT2D eigenvalue weighted by Crippen LogP contribution is -2.43. The van der Waals surface area contributed by atoms with Crippen molar-refractivity contribution in [2.45, 2.75) is 26.3 Å². The van der Waals surface area contributed by atoms with Gasteiger partial charge in [-0.3, -0.25) is 9.59 Å². The minimum atomic E-state index is -0.285. The largest absolute Gasteiger partial charge is 0.397 e. The maximum Gasteiger partial charge on any atom is 0.253 e. The molecule has 1 aromatic carbocycles. The fraction of sp³-hybridized carbons (Fsp3) is 0.467. The Balaban J connectivity index is 2.77. The van der Waals surface area contributed by atoms with Crippen LogP contribution in [0.4, 0.5) is 11.4 Å². The summed E-state index contributed by atoms with van der Waals surface area (Å²) >= 11 is 0. The monoisotopic (exact) mass is 292 g/mol. The SMILES string of the molecule is CN(C)C(=O)c1ccc(N)c(NCC(=O)NC(C)(C)C)c1. The fourth-order valence-electron chi connectivity index (χ4n) is 1.74. The first kappa shape index (κ1) is 16.8. The Morgan fingerprint density at radius 1 is 1.24 bits per heavy atom. The second kappa shape index (κ2) is 6.47. The van der Waals surface area contributed by atoms with Gasteiger partial charge in [0.05, 0.1) is 17.9 Å². The Kier molecular flexibility index (Phi) is 5.18. The molecule has 0 saturated heterocycles. The van der Waals surface area contributed by atoms with Gasteiger partial charge < -0.3 is 21.3 Å². The third kappa shape index (κ3) is 5.33. The minimum absolute atomic E-state index is 0.0983. The predicted molar refractivity (Wildman–Crippen MR) is 85.3 cm³/mol. The Morgan fingerprint density at radius 2 is 1.86 bits per heavy atom. The number of nitrogens with zero attached hydrogens (tertiary/aromatic N) is 1. The van der Waals surface area contributed by atoms with Crippen molar-refractivity contribution < 1.29 is 9.59 Å². The second-order valence-corrected chi connectivity index (χ2v) is 6.15. The van der Waals surface area contributed by atoms with Gasteiger partial charge in [-0.1, -0.05) is 0 Å². The van der Waals surface area contributed by atoms with Gasteiger partial charge in [0, 0.05) is 25.2 Å². The van der Waals surface area contributed by atoms with Crippen molar-refractivity contribution >= 4 is 23.2 Å². The maximum absolute atomic E-state index is 11.9. The molecule has 0 fully saturated rings. The molecule has 6 heteroatoms. The van der Waals surface area contributed by atoms with Crippen LogP contribution >= 0.6 is 0 Å². The van der Waals surface area contributed by atoms with Crippen molar-refractivity contribution in [3.63, 3.8) is 0 Å². The van der Waals surface area contributed by atoms with Crippen molar-refractivity contribution in [2.24, 2.45) is 0 Å². The molecule has 0 aromatic heterocycles. The quantitative estimate of drug-likeness (QED) is 0.730. The molecule has 0 atom stereocenters. The Hall–Kier alpha value is -2.24. The van der Waals surface area contributed by atoms with E-state index in [-0.39, 0.29) is 23.9 Å². The number of carbonyl (C=O) groups excluding carboxylic acids is 2. The van der Waals surface area contributed by atoms with Crippen molar-refractivity contribution in [3.05, 3.63) is 23.8 Å². The van der Waals surface area contributed by atoms with Crippen molar-refractivity contribution in [2.75, 3.05) is 31.7 Å². The molecule has 21 heavy (non-hydrogen) atoms. The van der Waals surface area contributed by atoms with E-state index in [1.807, 2.05) is 20.8 Å². The molecule has 1 aromatic rings. The summed E-state index contributed by atoms with van der Waals surface area (Å²) in [7, 11) is 3.37. The molecule has 0 radical (unpaired) electrons. The zero-order chi connectivity index (χ0) is 16.2. The van der Waals surface area contributed by atoms with Crippen LogP contribution in [0.15, 0.2) is 18.2 Å². The average Bonchev–Trinajstić information content (AvgIpc) is 2.34. The molecule has 6 nitrogen and oxygen atoms in total. The highest BCUT2D eigenvalue weighted by molar-refractivity contribution is 5.96. The van der Waals surface area contributed by atoms with Crippen LogP contribution in [0.1, 0.15) is 31.1 Å². The predicted octanol–water partition coefficient (Wildman–Crippen LogP) is 1.30. The molecule has 0 saturated carbocycles. The lowest BCUT2D eigenvalue weighted by Gasteiger charge is -2.21. The number of anilines is 2. The number of nitrogen functional groups attached to an aromatic ring is 1. The molecule has 1 rings (SSSR count). The van der Waals surface area contributed by atoms with Gasteiger partial charge in [0.15, 0.2) is 0 Å². The van der Waals surface area contributed by atoms with Crippen molar-refractivity contribution in [1.29, 1.82) is 0 Å². The van der Waals surface area contributed by atoms with Crippen LogP contribution in [0.2, 0.25) is 0 Å². The second-order valence-electron chi connectivity index (χ2n) is 6.15. The van der Waals surface area contributed by atoms with Gasteiger partial charge in [0.1, 0.15) is 0 Å². The van der Waals surface area contributed by atoms with Crippen LogP contribution in [0, 0.1) is 0 Å². The fourth-order valence-corrected chi connectivity index (χ4v) is 1.74. The number of amides is 2. The van der Waals surface area contributed by atoms with Gasteiger partial charge in [0.2, 0.25) is 5.91 Å². The standard InChI is InChI=1S/C15H24N4O2/c1-15(2,3)18-13(20)9-17-12-8-10(6-7-11(12)16)14(21)19(4)5/h6-8,17H,9,16H2,1-5H3,(H,18,20). The molecule has 0 heterocycles. The highest BCUT2D eigenvalue weighted by Gasteiger charge is 2.14. The summed E-state index contributed by atoms with van der Waals surface area (Å²) in [6.07, 6.45) is 0. The van der Waals surface area contributed by atoms with Crippen LogP contribution in [0.25, 0.3) is 0 Å². The summed E-state index contributed by atoms with van der Waals surface area (Å²) in [5, 5.41) is 5.81. The molecule has 0 aliphatic heterocycles. The lowest BCUT2D eigenvalue weighted by atomic mass is 10.1. The summed E-state index contributed by atoms with van der Waals surface area (Å²) in [6.45, 7) is 5.84. The first-order valence-corrected chi connectivity index (χ1v) is 6.76. The van der Waals surface area contributed by atoms with Gasteiger partial charge in [-0.05, 0) is 39.0 Å². The first-order valence-electron chi connectivity index (χ1n) is 6.76. The van der Waals surface area contributed by atoms with E-state index in [0.717, 1.165) is 0 Å². The maximum atomic E-state index is 11.9. The third-order valence-electron chi connectivity index (χ3n) is 2.66. The molecule has 4 N–H and O–H groups in total. The number of benzene rings is 1. The number of hydrogen-bond acceptors (Lipinski definition) is 4. The van der Waals surface area contributed by atoms with E-state index in [0.29, 0.717) is 16.9 Å². The highest BCUT2D eigenvalue weighted by Crippen LogP contribution is 2.20. The highest BCUT2D eigenvalue weighted by atomic mass is 16.2. The summed E-state index contributed by atoms with van der Waals surface area (Å²) in [5.41, 5.74) is 7.17. The van der Waals surface area contributed by atoms with Crippen molar-refractivity contribution in [3.8, 4) is 0 Å². The molecule has 2 amide bonds. The van der Waals surface area contributed by atoms with Crippen LogP contribution < -0.4 is 16.4 Å². The first-order chi connectivity index (χ1) is 9.60. The number of nitrogens with one attached hydrogen (secondary N) is 2. The minimum Gasteiger partial charge on any atom is -0.397 e. The topological polar surface area (TPSA) is 87.5 Å².